The maximum atomic E-state index is 12.0. The summed E-state index contributed by atoms with van der Waals surface area (Å²) in [5, 5.41) is 19.7. The largest absolute Gasteiger partial charge is 0.394 e. The van der Waals surface area contributed by atoms with E-state index in [-0.39, 0.29) is 30.0 Å². The summed E-state index contributed by atoms with van der Waals surface area (Å²) in [6.07, 6.45) is 1.78. The maximum Gasteiger partial charge on any atom is 0.269 e. The molecule has 20 heavy (non-hydrogen) atoms. The molecule has 7 heteroatoms. The second kappa shape index (κ2) is 6.71. The predicted octanol–water partition coefficient (Wildman–Crippen LogP) is 1.67. The minimum Gasteiger partial charge on any atom is -0.394 e. The van der Waals surface area contributed by atoms with Crippen molar-refractivity contribution in [2.45, 2.75) is 23.8 Å². The van der Waals surface area contributed by atoms with Crippen molar-refractivity contribution in [2.24, 2.45) is 0 Å². The zero-order chi connectivity index (χ0) is 14.5. The molecule has 1 N–H and O–H groups in total. The molecule has 1 aromatic rings. The summed E-state index contributed by atoms with van der Waals surface area (Å²) in [5.41, 5.74) is 0.0422. The number of hydrogen-bond donors (Lipinski definition) is 1. The SMILES string of the molecule is O=C(CSc1ccc([N+](=O)[O-])cc1)N1CCC[C@@H]1CO. The summed E-state index contributed by atoms with van der Waals surface area (Å²) >= 11 is 1.35. The average molecular weight is 296 g/mol. The summed E-state index contributed by atoms with van der Waals surface area (Å²) in [5.74, 6) is 0.291. The molecule has 1 aliphatic rings. The minimum absolute atomic E-state index is 0.00454. The fourth-order valence-electron chi connectivity index (χ4n) is 2.25. The summed E-state index contributed by atoms with van der Waals surface area (Å²) in [6, 6.07) is 6.09. The summed E-state index contributed by atoms with van der Waals surface area (Å²) in [7, 11) is 0. The average Bonchev–Trinajstić information content (AvgIpc) is 2.93. The molecule has 0 radical (unpaired) electrons. The molecule has 0 saturated carbocycles. The van der Waals surface area contributed by atoms with Crippen LogP contribution in [0.1, 0.15) is 12.8 Å². The smallest absolute Gasteiger partial charge is 0.269 e. The highest BCUT2D eigenvalue weighted by atomic mass is 32.2. The maximum absolute atomic E-state index is 12.0. The molecule has 6 nitrogen and oxygen atoms in total. The fourth-order valence-corrected chi connectivity index (χ4v) is 3.03. The number of carbonyl (C=O) groups is 1. The number of non-ortho nitro benzene ring substituents is 1. The topological polar surface area (TPSA) is 83.7 Å². The van der Waals surface area contributed by atoms with Crippen LogP contribution >= 0.6 is 11.8 Å². The van der Waals surface area contributed by atoms with E-state index in [9.17, 15) is 20.0 Å². The van der Waals surface area contributed by atoms with Crippen molar-refractivity contribution in [3.8, 4) is 0 Å². The number of hydrogen-bond acceptors (Lipinski definition) is 5. The van der Waals surface area contributed by atoms with Gasteiger partial charge in [0.1, 0.15) is 0 Å². The van der Waals surface area contributed by atoms with Crippen molar-refractivity contribution in [1.29, 1.82) is 0 Å². The number of aliphatic hydroxyl groups is 1. The third-order valence-corrected chi connectivity index (χ3v) is 4.31. The molecule has 1 fully saturated rings. The number of amides is 1. The predicted molar refractivity (Wildman–Crippen MR) is 75.6 cm³/mol. The Bertz CT molecular complexity index is 492. The first-order chi connectivity index (χ1) is 9.61. The van der Waals surface area contributed by atoms with E-state index < -0.39 is 4.92 Å². The molecule has 0 aromatic heterocycles. The van der Waals surface area contributed by atoms with Gasteiger partial charge in [-0.1, -0.05) is 0 Å². The molecule has 1 aliphatic heterocycles. The molecule has 1 saturated heterocycles. The van der Waals surface area contributed by atoms with E-state index in [1.807, 2.05) is 0 Å². The molecule has 0 spiro atoms. The molecule has 0 bridgehead atoms. The first-order valence-corrected chi connectivity index (χ1v) is 7.38. The van der Waals surface area contributed by atoms with Gasteiger partial charge in [-0.3, -0.25) is 14.9 Å². The molecule has 1 heterocycles. The van der Waals surface area contributed by atoms with Gasteiger partial charge in [-0.2, -0.15) is 0 Å². The van der Waals surface area contributed by atoms with Gasteiger partial charge in [-0.25, -0.2) is 0 Å². The summed E-state index contributed by atoms with van der Waals surface area (Å²) < 4.78 is 0. The van der Waals surface area contributed by atoms with Crippen molar-refractivity contribution < 1.29 is 14.8 Å². The van der Waals surface area contributed by atoms with E-state index in [4.69, 9.17) is 0 Å². The van der Waals surface area contributed by atoms with Gasteiger partial charge in [-0.05, 0) is 25.0 Å². The van der Waals surface area contributed by atoms with Crippen LogP contribution in [0.2, 0.25) is 0 Å². The van der Waals surface area contributed by atoms with E-state index in [2.05, 4.69) is 0 Å². The van der Waals surface area contributed by atoms with Crippen molar-refractivity contribution in [3.63, 3.8) is 0 Å². The Morgan fingerprint density at radius 1 is 1.45 bits per heavy atom. The number of rotatable bonds is 5. The first-order valence-electron chi connectivity index (χ1n) is 6.39. The van der Waals surface area contributed by atoms with Crippen LogP contribution in [0.15, 0.2) is 29.2 Å². The summed E-state index contributed by atoms with van der Waals surface area (Å²) in [6.45, 7) is 0.707. The van der Waals surface area contributed by atoms with Gasteiger partial charge in [0.05, 0.1) is 23.3 Å². The number of aliphatic hydroxyl groups excluding tert-OH is 1. The molecule has 1 amide bonds. The Balaban J connectivity index is 1.88. The molecule has 108 valence electrons. The molecule has 1 aromatic carbocycles. The van der Waals surface area contributed by atoms with Crippen molar-refractivity contribution in [2.75, 3.05) is 18.9 Å². The lowest BCUT2D eigenvalue weighted by Gasteiger charge is -2.22. The minimum atomic E-state index is -0.449. The van der Waals surface area contributed by atoms with Crippen molar-refractivity contribution >= 4 is 23.4 Å². The van der Waals surface area contributed by atoms with E-state index in [0.717, 1.165) is 17.7 Å². The van der Waals surface area contributed by atoms with Crippen LogP contribution in [0.25, 0.3) is 0 Å². The van der Waals surface area contributed by atoms with Crippen LogP contribution in [0.3, 0.4) is 0 Å². The number of benzene rings is 1. The third-order valence-electron chi connectivity index (χ3n) is 3.32. The van der Waals surface area contributed by atoms with Gasteiger partial charge in [0.25, 0.3) is 5.69 Å². The highest BCUT2D eigenvalue weighted by Gasteiger charge is 2.27. The Hall–Kier alpha value is -1.60. The van der Waals surface area contributed by atoms with Gasteiger partial charge in [0, 0.05) is 23.6 Å². The number of nitrogens with zero attached hydrogens (tertiary/aromatic N) is 2. The van der Waals surface area contributed by atoms with Crippen molar-refractivity contribution in [1.82, 2.24) is 4.90 Å². The quantitative estimate of drug-likeness (QED) is 0.507. The van der Waals surface area contributed by atoms with Gasteiger partial charge >= 0.3 is 0 Å². The third kappa shape index (κ3) is 3.49. The number of likely N-dealkylation sites (tertiary alicyclic amines) is 1. The van der Waals surface area contributed by atoms with Gasteiger partial charge in [0.2, 0.25) is 5.91 Å². The van der Waals surface area contributed by atoms with Crippen LogP contribution in [-0.2, 0) is 4.79 Å². The van der Waals surface area contributed by atoms with Gasteiger partial charge in [-0.15, -0.1) is 11.8 Å². The standard InChI is InChI=1S/C13H16N2O4S/c16-8-11-2-1-7-14(11)13(17)9-20-12-5-3-10(4-6-12)15(18)19/h3-6,11,16H,1-2,7-9H2/t11-/m1/s1. The lowest BCUT2D eigenvalue weighted by atomic mass is 10.2. The van der Waals surface area contributed by atoms with Gasteiger partial charge in [0.15, 0.2) is 0 Å². The molecule has 2 rings (SSSR count). The van der Waals surface area contributed by atoms with Crippen LogP contribution in [0, 0.1) is 10.1 Å². The Morgan fingerprint density at radius 2 is 2.15 bits per heavy atom. The molecular formula is C13H16N2O4S. The zero-order valence-electron chi connectivity index (χ0n) is 10.9. The van der Waals surface area contributed by atoms with E-state index in [1.165, 1.54) is 23.9 Å². The lowest BCUT2D eigenvalue weighted by Crippen LogP contribution is -2.38. The second-order valence-electron chi connectivity index (χ2n) is 4.61. The first kappa shape index (κ1) is 14.8. The van der Waals surface area contributed by atoms with Crippen LogP contribution in [0.5, 0.6) is 0 Å². The monoisotopic (exact) mass is 296 g/mol. The van der Waals surface area contributed by atoms with Crippen LogP contribution < -0.4 is 0 Å². The zero-order valence-corrected chi connectivity index (χ0v) is 11.7. The Labute approximate surface area is 120 Å². The molecular weight excluding hydrogens is 280 g/mol. The molecule has 0 aliphatic carbocycles. The fraction of sp³-hybridized carbons (Fsp3) is 0.462. The van der Waals surface area contributed by atoms with E-state index >= 15 is 0 Å². The molecule has 1 atom stereocenters. The molecule has 0 unspecified atom stereocenters. The highest BCUT2D eigenvalue weighted by Crippen LogP contribution is 2.23. The highest BCUT2D eigenvalue weighted by molar-refractivity contribution is 8.00. The van der Waals surface area contributed by atoms with Gasteiger partial charge < -0.3 is 10.0 Å². The van der Waals surface area contributed by atoms with Crippen LogP contribution in [-0.4, -0.2) is 45.8 Å². The number of nitro benzene ring substituents is 1. The number of thioether (sulfide) groups is 1. The summed E-state index contributed by atoms with van der Waals surface area (Å²) in [4.78, 5) is 24.7. The Morgan fingerprint density at radius 3 is 2.75 bits per heavy atom. The normalized spacial score (nSPS) is 18.2. The van der Waals surface area contributed by atoms with Crippen LogP contribution in [0.4, 0.5) is 5.69 Å². The van der Waals surface area contributed by atoms with E-state index in [0.29, 0.717) is 6.54 Å². The number of nitro groups is 1. The van der Waals surface area contributed by atoms with Crippen molar-refractivity contribution in [3.05, 3.63) is 34.4 Å². The Kier molecular flexibility index (Phi) is 4.97. The second-order valence-corrected chi connectivity index (χ2v) is 5.65. The van der Waals surface area contributed by atoms with E-state index in [1.54, 1.807) is 17.0 Å². The lowest BCUT2D eigenvalue weighted by molar-refractivity contribution is -0.384. The number of carbonyl (C=O) groups excluding carboxylic acids is 1.